The SMILES string of the molecule is CCCCOc1ccc(C2NNCC2C(=O)NCc2cccnc2)cc1. The molecule has 0 saturated carbocycles. The van der Waals surface area contributed by atoms with E-state index in [4.69, 9.17) is 4.74 Å². The zero-order valence-electron chi connectivity index (χ0n) is 15.1. The molecule has 1 amide bonds. The Morgan fingerprint density at radius 3 is 2.88 bits per heavy atom. The number of hydrazine groups is 1. The van der Waals surface area contributed by atoms with Crippen LogP contribution in [-0.4, -0.2) is 24.0 Å². The summed E-state index contributed by atoms with van der Waals surface area (Å²) in [4.78, 5) is 16.7. The van der Waals surface area contributed by atoms with Gasteiger partial charge in [-0.25, -0.2) is 5.43 Å². The number of hydrogen-bond acceptors (Lipinski definition) is 5. The highest BCUT2D eigenvalue weighted by Crippen LogP contribution is 2.26. The first-order valence-electron chi connectivity index (χ1n) is 9.15. The van der Waals surface area contributed by atoms with Crippen molar-refractivity contribution in [2.45, 2.75) is 32.4 Å². The van der Waals surface area contributed by atoms with Crippen molar-refractivity contribution in [3.8, 4) is 5.75 Å². The van der Waals surface area contributed by atoms with Crippen molar-refractivity contribution < 1.29 is 9.53 Å². The van der Waals surface area contributed by atoms with Crippen LogP contribution in [0.1, 0.15) is 36.9 Å². The maximum atomic E-state index is 12.6. The molecule has 1 aliphatic heterocycles. The summed E-state index contributed by atoms with van der Waals surface area (Å²) < 4.78 is 5.70. The molecule has 0 radical (unpaired) electrons. The van der Waals surface area contributed by atoms with Crippen molar-refractivity contribution in [2.24, 2.45) is 5.92 Å². The Labute approximate surface area is 154 Å². The van der Waals surface area contributed by atoms with Crippen LogP contribution in [0.15, 0.2) is 48.8 Å². The predicted octanol–water partition coefficient (Wildman–Crippen LogP) is 2.34. The molecule has 6 nitrogen and oxygen atoms in total. The lowest BCUT2D eigenvalue weighted by Gasteiger charge is -2.19. The molecule has 0 aliphatic carbocycles. The minimum atomic E-state index is -0.168. The van der Waals surface area contributed by atoms with Gasteiger partial charge in [-0.2, -0.15) is 0 Å². The number of carbonyl (C=O) groups is 1. The molecule has 26 heavy (non-hydrogen) atoms. The van der Waals surface area contributed by atoms with E-state index in [2.05, 4.69) is 28.1 Å². The van der Waals surface area contributed by atoms with Gasteiger partial charge in [0.05, 0.1) is 18.6 Å². The van der Waals surface area contributed by atoms with Crippen LogP contribution in [0.4, 0.5) is 0 Å². The smallest absolute Gasteiger partial charge is 0.226 e. The Balaban J connectivity index is 1.57. The summed E-state index contributed by atoms with van der Waals surface area (Å²) in [5.74, 6) is 0.726. The summed E-state index contributed by atoms with van der Waals surface area (Å²) in [6.07, 6.45) is 5.66. The van der Waals surface area contributed by atoms with Gasteiger partial charge in [0.1, 0.15) is 5.75 Å². The number of nitrogens with zero attached hydrogens (tertiary/aromatic N) is 1. The number of benzene rings is 1. The van der Waals surface area contributed by atoms with E-state index in [1.54, 1.807) is 12.4 Å². The first-order chi connectivity index (χ1) is 12.8. The van der Waals surface area contributed by atoms with Crippen LogP contribution in [0.3, 0.4) is 0 Å². The number of pyridine rings is 1. The number of amides is 1. The summed E-state index contributed by atoms with van der Waals surface area (Å²) in [6, 6.07) is 11.7. The molecule has 6 heteroatoms. The Morgan fingerprint density at radius 1 is 1.31 bits per heavy atom. The fourth-order valence-electron chi connectivity index (χ4n) is 2.99. The lowest BCUT2D eigenvalue weighted by atomic mass is 9.94. The molecule has 1 saturated heterocycles. The first-order valence-corrected chi connectivity index (χ1v) is 9.15. The summed E-state index contributed by atoms with van der Waals surface area (Å²) in [6.45, 7) is 3.96. The largest absolute Gasteiger partial charge is 0.494 e. The highest BCUT2D eigenvalue weighted by molar-refractivity contribution is 5.80. The lowest BCUT2D eigenvalue weighted by Crippen LogP contribution is -2.34. The maximum absolute atomic E-state index is 12.6. The van der Waals surface area contributed by atoms with E-state index in [1.807, 2.05) is 36.4 Å². The second-order valence-electron chi connectivity index (χ2n) is 6.46. The van der Waals surface area contributed by atoms with Gasteiger partial charge >= 0.3 is 0 Å². The number of aromatic nitrogens is 1. The van der Waals surface area contributed by atoms with Crippen molar-refractivity contribution >= 4 is 5.91 Å². The van der Waals surface area contributed by atoms with Gasteiger partial charge < -0.3 is 10.1 Å². The molecule has 138 valence electrons. The Bertz CT molecular complexity index is 691. The standard InChI is InChI=1S/C20H26N4O2/c1-2-3-11-26-17-8-6-16(7-9-17)19-18(14-23-24-19)20(25)22-13-15-5-4-10-21-12-15/h4-10,12,18-19,23-24H,2-3,11,13-14H2,1H3,(H,22,25). The Hall–Kier alpha value is -2.44. The molecule has 1 aromatic heterocycles. The van der Waals surface area contributed by atoms with Gasteiger partial charge in [-0.05, 0) is 35.7 Å². The van der Waals surface area contributed by atoms with Gasteiger partial charge in [0.2, 0.25) is 5.91 Å². The number of ether oxygens (including phenoxy) is 1. The minimum Gasteiger partial charge on any atom is -0.494 e. The summed E-state index contributed by atoms with van der Waals surface area (Å²) >= 11 is 0. The highest BCUT2D eigenvalue weighted by atomic mass is 16.5. The molecule has 1 aliphatic rings. The normalized spacial score (nSPS) is 19.3. The molecule has 2 aromatic rings. The molecule has 3 rings (SSSR count). The number of hydrogen-bond donors (Lipinski definition) is 3. The van der Waals surface area contributed by atoms with Gasteiger partial charge in [0.15, 0.2) is 0 Å². The van der Waals surface area contributed by atoms with E-state index in [0.717, 1.165) is 36.3 Å². The van der Waals surface area contributed by atoms with Crippen molar-refractivity contribution in [1.82, 2.24) is 21.2 Å². The number of nitrogens with one attached hydrogen (secondary N) is 3. The second-order valence-corrected chi connectivity index (χ2v) is 6.46. The summed E-state index contributed by atoms with van der Waals surface area (Å²) in [7, 11) is 0. The van der Waals surface area contributed by atoms with E-state index in [9.17, 15) is 4.79 Å². The van der Waals surface area contributed by atoms with Crippen LogP contribution in [0.5, 0.6) is 5.75 Å². The number of carbonyl (C=O) groups excluding carboxylic acids is 1. The average Bonchev–Trinajstić information content (AvgIpc) is 3.18. The molecular weight excluding hydrogens is 328 g/mol. The molecule has 2 heterocycles. The Kier molecular flexibility index (Phi) is 6.57. The zero-order valence-corrected chi connectivity index (χ0v) is 15.1. The van der Waals surface area contributed by atoms with Crippen molar-refractivity contribution in [3.63, 3.8) is 0 Å². The van der Waals surface area contributed by atoms with Crippen LogP contribution >= 0.6 is 0 Å². The maximum Gasteiger partial charge on any atom is 0.226 e. The van der Waals surface area contributed by atoms with Crippen molar-refractivity contribution in [2.75, 3.05) is 13.2 Å². The minimum absolute atomic E-state index is 0.0274. The fraction of sp³-hybridized carbons (Fsp3) is 0.400. The topological polar surface area (TPSA) is 75.3 Å². The molecule has 1 aromatic carbocycles. The van der Waals surface area contributed by atoms with E-state index in [1.165, 1.54) is 0 Å². The fourth-order valence-corrected chi connectivity index (χ4v) is 2.99. The monoisotopic (exact) mass is 354 g/mol. The average molecular weight is 354 g/mol. The van der Waals surface area contributed by atoms with Gasteiger partial charge in [-0.3, -0.25) is 15.2 Å². The molecule has 2 atom stereocenters. The second kappa shape index (κ2) is 9.31. The zero-order chi connectivity index (χ0) is 18.2. The van der Waals surface area contributed by atoms with E-state index < -0.39 is 0 Å². The van der Waals surface area contributed by atoms with Gasteiger partial charge in [-0.1, -0.05) is 31.5 Å². The summed E-state index contributed by atoms with van der Waals surface area (Å²) in [5.41, 5.74) is 8.37. The third kappa shape index (κ3) is 4.80. The molecule has 1 fully saturated rings. The molecule has 0 bridgehead atoms. The third-order valence-electron chi connectivity index (χ3n) is 4.51. The molecule has 2 unspecified atom stereocenters. The van der Waals surface area contributed by atoms with E-state index >= 15 is 0 Å². The van der Waals surface area contributed by atoms with Crippen LogP contribution in [0.2, 0.25) is 0 Å². The van der Waals surface area contributed by atoms with Crippen LogP contribution in [0, 0.1) is 5.92 Å². The molecular formula is C20H26N4O2. The van der Waals surface area contributed by atoms with Crippen LogP contribution in [0.25, 0.3) is 0 Å². The molecule has 3 N–H and O–H groups in total. The number of rotatable bonds is 8. The van der Waals surface area contributed by atoms with Gasteiger partial charge in [-0.15, -0.1) is 0 Å². The highest BCUT2D eigenvalue weighted by Gasteiger charge is 2.33. The van der Waals surface area contributed by atoms with Crippen LogP contribution in [-0.2, 0) is 11.3 Å². The van der Waals surface area contributed by atoms with Gasteiger partial charge in [0, 0.05) is 25.5 Å². The Morgan fingerprint density at radius 2 is 2.15 bits per heavy atom. The van der Waals surface area contributed by atoms with Gasteiger partial charge in [0.25, 0.3) is 0 Å². The van der Waals surface area contributed by atoms with E-state index in [0.29, 0.717) is 13.1 Å². The first kappa shape index (κ1) is 18.4. The third-order valence-corrected chi connectivity index (χ3v) is 4.51. The quantitative estimate of drug-likeness (QED) is 0.635. The molecule has 0 spiro atoms. The van der Waals surface area contributed by atoms with Crippen molar-refractivity contribution in [3.05, 3.63) is 59.9 Å². The van der Waals surface area contributed by atoms with E-state index in [-0.39, 0.29) is 17.9 Å². The van der Waals surface area contributed by atoms with Crippen LogP contribution < -0.4 is 20.9 Å². The van der Waals surface area contributed by atoms with Crippen molar-refractivity contribution in [1.29, 1.82) is 0 Å². The lowest BCUT2D eigenvalue weighted by molar-refractivity contribution is -0.125. The summed E-state index contributed by atoms with van der Waals surface area (Å²) in [5, 5.41) is 3.00. The number of unbranched alkanes of at least 4 members (excludes halogenated alkanes) is 1. The predicted molar refractivity (Wildman–Crippen MR) is 100 cm³/mol.